The summed E-state index contributed by atoms with van der Waals surface area (Å²) in [6.45, 7) is 0. The van der Waals surface area contributed by atoms with Gasteiger partial charge in [0.05, 0.1) is 0 Å². The summed E-state index contributed by atoms with van der Waals surface area (Å²) in [6.07, 6.45) is 6.38. The predicted octanol–water partition coefficient (Wildman–Crippen LogP) is 3.41. The first-order valence-electron chi connectivity index (χ1n) is 7.19. The van der Waals surface area contributed by atoms with Crippen LogP contribution in [0.5, 0.6) is 0 Å². The number of amides is 1. The molecule has 0 saturated heterocycles. The molecule has 0 bridgehead atoms. The van der Waals surface area contributed by atoms with Gasteiger partial charge in [0.1, 0.15) is 0 Å². The number of hydrogen-bond donors (Lipinski definition) is 1. The van der Waals surface area contributed by atoms with Gasteiger partial charge in [0.25, 0.3) is 0 Å². The molecule has 0 aliphatic heterocycles. The van der Waals surface area contributed by atoms with Crippen LogP contribution in [0.3, 0.4) is 0 Å². The van der Waals surface area contributed by atoms with E-state index in [2.05, 4.69) is 5.32 Å². The van der Waals surface area contributed by atoms with Gasteiger partial charge in [-0.1, -0.05) is 12.8 Å². The Hall–Kier alpha value is -1.64. The number of rotatable bonds is 4. The van der Waals surface area contributed by atoms with Crippen molar-refractivity contribution >= 4 is 17.4 Å². The number of carbonyl (C=O) groups is 2. The van der Waals surface area contributed by atoms with Gasteiger partial charge in [-0.3, -0.25) is 9.59 Å². The molecular formula is C16H19NO2. The van der Waals surface area contributed by atoms with Crippen LogP contribution in [-0.2, 0) is 4.79 Å². The fraction of sp³-hybridized carbons (Fsp3) is 0.500. The molecule has 1 N–H and O–H groups in total. The summed E-state index contributed by atoms with van der Waals surface area (Å²) < 4.78 is 0. The second kappa shape index (κ2) is 5.16. The fourth-order valence-electron chi connectivity index (χ4n) is 2.73. The molecule has 1 aromatic rings. The SMILES string of the molecule is O=C(Nc1ccc(C(=O)C2CC2)cc1)C1CCCC1. The van der Waals surface area contributed by atoms with Crippen LogP contribution in [-0.4, -0.2) is 11.7 Å². The smallest absolute Gasteiger partial charge is 0.227 e. The number of anilines is 1. The molecule has 1 aromatic carbocycles. The first-order chi connectivity index (χ1) is 9.24. The van der Waals surface area contributed by atoms with Crippen LogP contribution in [0, 0.1) is 11.8 Å². The number of Topliss-reactive ketones (excluding diaryl/α,β-unsaturated/α-hetero) is 1. The quantitative estimate of drug-likeness (QED) is 0.840. The Morgan fingerprint density at radius 2 is 1.53 bits per heavy atom. The summed E-state index contributed by atoms with van der Waals surface area (Å²) in [5, 5.41) is 2.94. The molecule has 2 aliphatic rings. The molecule has 19 heavy (non-hydrogen) atoms. The van der Waals surface area contributed by atoms with Gasteiger partial charge in [0.15, 0.2) is 5.78 Å². The van der Waals surface area contributed by atoms with Crippen molar-refractivity contribution < 1.29 is 9.59 Å². The van der Waals surface area contributed by atoms with Gasteiger partial charge in [-0.2, -0.15) is 0 Å². The van der Waals surface area contributed by atoms with E-state index in [9.17, 15) is 9.59 Å². The first kappa shape index (κ1) is 12.4. The van der Waals surface area contributed by atoms with Crippen molar-refractivity contribution in [1.29, 1.82) is 0 Å². The van der Waals surface area contributed by atoms with Crippen molar-refractivity contribution in [2.75, 3.05) is 5.32 Å². The fourth-order valence-corrected chi connectivity index (χ4v) is 2.73. The maximum absolute atomic E-state index is 12.0. The van der Waals surface area contributed by atoms with Crippen LogP contribution < -0.4 is 5.32 Å². The number of benzene rings is 1. The molecule has 2 fully saturated rings. The van der Waals surface area contributed by atoms with Gasteiger partial charge in [-0.25, -0.2) is 0 Å². The van der Waals surface area contributed by atoms with Gasteiger partial charge in [-0.15, -0.1) is 0 Å². The Morgan fingerprint density at radius 3 is 2.11 bits per heavy atom. The van der Waals surface area contributed by atoms with E-state index in [1.165, 1.54) is 0 Å². The van der Waals surface area contributed by atoms with Crippen LogP contribution >= 0.6 is 0 Å². The topological polar surface area (TPSA) is 46.2 Å². The van der Waals surface area contributed by atoms with Crippen LogP contribution in [0.2, 0.25) is 0 Å². The number of nitrogens with one attached hydrogen (secondary N) is 1. The molecule has 0 heterocycles. The highest BCUT2D eigenvalue weighted by atomic mass is 16.2. The average Bonchev–Trinajstić information content (AvgIpc) is 3.13. The maximum atomic E-state index is 12.0. The van der Waals surface area contributed by atoms with Crippen molar-refractivity contribution in [3.8, 4) is 0 Å². The molecule has 3 heteroatoms. The normalized spacial score (nSPS) is 19.4. The molecule has 0 spiro atoms. The third-order valence-electron chi connectivity index (χ3n) is 4.11. The summed E-state index contributed by atoms with van der Waals surface area (Å²) in [5.41, 5.74) is 1.56. The average molecular weight is 257 g/mol. The van der Waals surface area contributed by atoms with E-state index in [1.54, 1.807) is 0 Å². The molecule has 3 rings (SSSR count). The van der Waals surface area contributed by atoms with Gasteiger partial charge >= 0.3 is 0 Å². The zero-order valence-electron chi connectivity index (χ0n) is 11.0. The molecule has 2 saturated carbocycles. The second-order valence-corrected chi connectivity index (χ2v) is 5.69. The Bertz CT molecular complexity index is 482. The molecule has 1 amide bonds. The lowest BCUT2D eigenvalue weighted by Gasteiger charge is -2.10. The predicted molar refractivity (Wildman–Crippen MR) is 74.1 cm³/mol. The summed E-state index contributed by atoms with van der Waals surface area (Å²) >= 11 is 0. The van der Waals surface area contributed by atoms with Crippen LogP contribution in [0.15, 0.2) is 24.3 Å². The zero-order chi connectivity index (χ0) is 13.2. The highest BCUT2D eigenvalue weighted by Gasteiger charge is 2.30. The van der Waals surface area contributed by atoms with Crippen molar-refractivity contribution in [1.82, 2.24) is 0 Å². The van der Waals surface area contributed by atoms with E-state index in [0.717, 1.165) is 49.8 Å². The molecule has 0 radical (unpaired) electrons. The van der Waals surface area contributed by atoms with Crippen LogP contribution in [0.4, 0.5) is 5.69 Å². The molecular weight excluding hydrogens is 238 g/mol. The van der Waals surface area contributed by atoms with Crippen molar-refractivity contribution in [2.45, 2.75) is 38.5 Å². The van der Waals surface area contributed by atoms with E-state index in [4.69, 9.17) is 0 Å². The summed E-state index contributed by atoms with van der Waals surface area (Å²) in [7, 11) is 0. The maximum Gasteiger partial charge on any atom is 0.227 e. The van der Waals surface area contributed by atoms with Gasteiger partial charge in [0, 0.05) is 23.1 Å². The minimum absolute atomic E-state index is 0.124. The van der Waals surface area contributed by atoms with Gasteiger partial charge in [0.2, 0.25) is 5.91 Å². The third kappa shape index (κ3) is 2.86. The van der Waals surface area contributed by atoms with E-state index in [0.29, 0.717) is 0 Å². The Labute approximate surface area is 113 Å². The van der Waals surface area contributed by atoms with E-state index in [1.807, 2.05) is 24.3 Å². The van der Waals surface area contributed by atoms with Crippen molar-refractivity contribution in [3.63, 3.8) is 0 Å². The molecule has 2 aliphatic carbocycles. The summed E-state index contributed by atoms with van der Waals surface area (Å²) in [6, 6.07) is 7.32. The lowest BCUT2D eigenvalue weighted by atomic mass is 10.1. The third-order valence-corrected chi connectivity index (χ3v) is 4.11. The van der Waals surface area contributed by atoms with Gasteiger partial charge < -0.3 is 5.32 Å². The lowest BCUT2D eigenvalue weighted by molar-refractivity contribution is -0.119. The minimum atomic E-state index is 0.124. The highest BCUT2D eigenvalue weighted by molar-refractivity contribution is 6.00. The number of carbonyl (C=O) groups excluding carboxylic acids is 2. The van der Waals surface area contributed by atoms with E-state index < -0.39 is 0 Å². The minimum Gasteiger partial charge on any atom is -0.326 e. The molecule has 0 aromatic heterocycles. The lowest BCUT2D eigenvalue weighted by Crippen LogP contribution is -2.20. The molecule has 0 unspecified atom stereocenters. The standard InChI is InChI=1S/C16H19NO2/c18-15(11-5-6-11)12-7-9-14(10-8-12)17-16(19)13-3-1-2-4-13/h7-11,13H,1-6H2,(H,17,19). The van der Waals surface area contributed by atoms with Gasteiger partial charge in [-0.05, 0) is 49.9 Å². The molecule has 100 valence electrons. The van der Waals surface area contributed by atoms with E-state index >= 15 is 0 Å². The Morgan fingerprint density at radius 1 is 0.895 bits per heavy atom. The molecule has 0 atom stereocenters. The zero-order valence-corrected chi connectivity index (χ0v) is 11.0. The Kier molecular flexibility index (Phi) is 3.36. The molecule has 3 nitrogen and oxygen atoms in total. The summed E-state index contributed by atoms with van der Waals surface area (Å²) in [4.78, 5) is 23.8. The van der Waals surface area contributed by atoms with E-state index in [-0.39, 0.29) is 23.5 Å². The highest BCUT2D eigenvalue weighted by Crippen LogP contribution is 2.33. The Balaban J connectivity index is 1.62. The monoisotopic (exact) mass is 257 g/mol. The number of ketones is 1. The van der Waals surface area contributed by atoms with Crippen LogP contribution in [0.25, 0.3) is 0 Å². The largest absolute Gasteiger partial charge is 0.326 e. The van der Waals surface area contributed by atoms with Crippen molar-refractivity contribution in [2.24, 2.45) is 11.8 Å². The van der Waals surface area contributed by atoms with Crippen molar-refractivity contribution in [3.05, 3.63) is 29.8 Å². The number of hydrogen-bond acceptors (Lipinski definition) is 2. The summed E-state index contributed by atoms with van der Waals surface area (Å²) in [5.74, 6) is 0.791. The van der Waals surface area contributed by atoms with Crippen LogP contribution in [0.1, 0.15) is 48.9 Å². The second-order valence-electron chi connectivity index (χ2n) is 5.69. The first-order valence-corrected chi connectivity index (χ1v) is 7.19.